The van der Waals surface area contributed by atoms with Crippen molar-refractivity contribution in [1.29, 1.82) is 0 Å². The second kappa shape index (κ2) is 12.5. The standard InChI is InChI=1S/C55H39N/c1-55(2)52-17-8-7-16-49(52)50-31-30-47(35-53(50)55)56(46-14-9-13-42(33-46)43-24-18-36-10-3-4-12-41(36)32-43)45-28-26-37(27-29-45)44-25-21-39-20-23-40-22-19-38-11-5-6-15-48(38)54(40)51(39)34-44/h3-35H,1-2H3. The largest absolute Gasteiger partial charge is 0.310 e. The van der Waals surface area contributed by atoms with Crippen molar-refractivity contribution in [3.8, 4) is 33.4 Å². The Bertz CT molecular complexity index is 3160. The van der Waals surface area contributed by atoms with Gasteiger partial charge in [-0.05, 0) is 136 Å². The van der Waals surface area contributed by atoms with E-state index < -0.39 is 0 Å². The molecule has 0 atom stereocenters. The van der Waals surface area contributed by atoms with Crippen LogP contribution in [-0.4, -0.2) is 0 Å². The summed E-state index contributed by atoms with van der Waals surface area (Å²) in [5.74, 6) is 0. The van der Waals surface area contributed by atoms with Crippen molar-refractivity contribution in [3.63, 3.8) is 0 Å². The van der Waals surface area contributed by atoms with Crippen molar-refractivity contribution in [2.24, 2.45) is 0 Å². The van der Waals surface area contributed by atoms with Crippen molar-refractivity contribution in [2.75, 3.05) is 4.90 Å². The van der Waals surface area contributed by atoms with Crippen LogP contribution in [-0.2, 0) is 5.41 Å². The third kappa shape index (κ3) is 5.16. The quantitative estimate of drug-likeness (QED) is 0.161. The molecule has 1 aliphatic rings. The Morgan fingerprint density at radius 3 is 1.73 bits per heavy atom. The number of rotatable bonds is 5. The molecule has 10 aromatic rings. The summed E-state index contributed by atoms with van der Waals surface area (Å²) in [6.07, 6.45) is 0. The molecule has 0 spiro atoms. The maximum atomic E-state index is 2.42. The number of hydrogen-bond donors (Lipinski definition) is 0. The fourth-order valence-electron chi connectivity index (χ4n) is 9.28. The van der Waals surface area contributed by atoms with Crippen molar-refractivity contribution in [1.82, 2.24) is 0 Å². The first-order chi connectivity index (χ1) is 27.5. The number of hydrogen-bond acceptors (Lipinski definition) is 1. The van der Waals surface area contributed by atoms with E-state index in [-0.39, 0.29) is 5.41 Å². The zero-order chi connectivity index (χ0) is 37.4. The zero-order valence-electron chi connectivity index (χ0n) is 31.5. The number of anilines is 3. The SMILES string of the molecule is CC1(C)c2ccccc2-c2ccc(N(c3ccc(-c4ccc5ccc6ccc7ccccc7c6c5c4)cc3)c3cccc(-c4ccc5ccccc5c4)c3)cc21. The van der Waals surface area contributed by atoms with Gasteiger partial charge < -0.3 is 4.90 Å². The van der Waals surface area contributed by atoms with Gasteiger partial charge in [-0.3, -0.25) is 0 Å². The molecule has 0 fully saturated rings. The highest BCUT2D eigenvalue weighted by molar-refractivity contribution is 6.20. The highest BCUT2D eigenvalue weighted by Crippen LogP contribution is 2.51. The Morgan fingerprint density at radius 2 is 0.893 bits per heavy atom. The minimum Gasteiger partial charge on any atom is -0.310 e. The molecule has 0 bridgehead atoms. The lowest BCUT2D eigenvalue weighted by molar-refractivity contribution is 0.660. The maximum Gasteiger partial charge on any atom is 0.0467 e. The zero-order valence-corrected chi connectivity index (χ0v) is 31.5. The Morgan fingerprint density at radius 1 is 0.321 bits per heavy atom. The molecule has 264 valence electrons. The van der Waals surface area contributed by atoms with Crippen molar-refractivity contribution >= 4 is 60.2 Å². The molecule has 0 N–H and O–H groups in total. The molecule has 0 radical (unpaired) electrons. The fourth-order valence-corrected chi connectivity index (χ4v) is 9.28. The second-order valence-corrected chi connectivity index (χ2v) is 15.8. The van der Waals surface area contributed by atoms with E-state index in [0.29, 0.717) is 0 Å². The molecule has 1 aliphatic carbocycles. The summed E-state index contributed by atoms with van der Waals surface area (Å²) in [5, 5.41) is 10.2. The van der Waals surface area contributed by atoms with Crippen LogP contribution in [0.2, 0.25) is 0 Å². The number of nitrogens with zero attached hydrogens (tertiary/aromatic N) is 1. The fraction of sp³-hybridized carbons (Fsp3) is 0.0545. The van der Waals surface area contributed by atoms with Gasteiger partial charge in [0.25, 0.3) is 0 Å². The average Bonchev–Trinajstić information content (AvgIpc) is 3.48. The first-order valence-corrected chi connectivity index (χ1v) is 19.6. The molecule has 0 unspecified atom stereocenters. The summed E-state index contributed by atoms with van der Waals surface area (Å²) in [6.45, 7) is 4.72. The van der Waals surface area contributed by atoms with Crippen LogP contribution < -0.4 is 4.90 Å². The van der Waals surface area contributed by atoms with Crippen molar-refractivity contribution < 1.29 is 0 Å². The van der Waals surface area contributed by atoms with E-state index in [1.807, 2.05) is 0 Å². The van der Waals surface area contributed by atoms with Gasteiger partial charge in [-0.1, -0.05) is 166 Å². The minimum atomic E-state index is -0.101. The van der Waals surface area contributed by atoms with Gasteiger partial charge in [-0.2, -0.15) is 0 Å². The summed E-state index contributed by atoms with van der Waals surface area (Å²) in [5.41, 5.74) is 13.5. The molecule has 56 heavy (non-hydrogen) atoms. The van der Waals surface area contributed by atoms with E-state index in [9.17, 15) is 0 Å². The Labute approximate surface area is 327 Å². The van der Waals surface area contributed by atoms with Gasteiger partial charge in [0, 0.05) is 22.5 Å². The van der Waals surface area contributed by atoms with Gasteiger partial charge in [0.1, 0.15) is 0 Å². The van der Waals surface area contributed by atoms with E-state index in [1.54, 1.807) is 0 Å². The lowest BCUT2D eigenvalue weighted by Crippen LogP contribution is -2.16. The van der Waals surface area contributed by atoms with Crippen LogP contribution in [0.5, 0.6) is 0 Å². The van der Waals surface area contributed by atoms with Crippen molar-refractivity contribution in [2.45, 2.75) is 19.3 Å². The molecule has 0 amide bonds. The Hall–Kier alpha value is -6.96. The molecular formula is C55H39N. The molecule has 1 nitrogen and oxygen atoms in total. The Kier molecular flexibility index (Phi) is 7.28. The summed E-state index contributed by atoms with van der Waals surface area (Å²) in [7, 11) is 0. The highest BCUT2D eigenvalue weighted by atomic mass is 15.1. The summed E-state index contributed by atoms with van der Waals surface area (Å²) >= 11 is 0. The van der Waals surface area contributed by atoms with Crippen LogP contribution in [0.15, 0.2) is 200 Å². The predicted molar refractivity (Wildman–Crippen MR) is 240 cm³/mol. The number of fused-ring (bicyclic) bond motifs is 9. The third-order valence-electron chi connectivity index (χ3n) is 12.2. The Balaban J connectivity index is 1.04. The van der Waals surface area contributed by atoms with Crippen LogP contribution in [0, 0.1) is 0 Å². The first-order valence-electron chi connectivity index (χ1n) is 19.6. The van der Waals surface area contributed by atoms with Crippen LogP contribution >= 0.6 is 0 Å². The lowest BCUT2D eigenvalue weighted by atomic mass is 9.82. The number of benzene rings is 10. The van der Waals surface area contributed by atoms with Crippen LogP contribution in [0.3, 0.4) is 0 Å². The first kappa shape index (κ1) is 32.5. The van der Waals surface area contributed by atoms with Gasteiger partial charge >= 0.3 is 0 Å². The summed E-state index contributed by atoms with van der Waals surface area (Å²) < 4.78 is 0. The monoisotopic (exact) mass is 713 g/mol. The molecule has 0 heterocycles. The summed E-state index contributed by atoms with van der Waals surface area (Å²) in [6, 6.07) is 74.1. The highest BCUT2D eigenvalue weighted by Gasteiger charge is 2.35. The molecule has 11 rings (SSSR count). The minimum absolute atomic E-state index is 0.101. The molecule has 1 heteroatoms. The lowest BCUT2D eigenvalue weighted by Gasteiger charge is -2.28. The molecule has 0 aliphatic heterocycles. The van der Waals surface area contributed by atoms with Gasteiger partial charge in [-0.25, -0.2) is 0 Å². The van der Waals surface area contributed by atoms with Gasteiger partial charge in [-0.15, -0.1) is 0 Å². The topological polar surface area (TPSA) is 3.24 Å². The van der Waals surface area contributed by atoms with E-state index in [4.69, 9.17) is 0 Å². The van der Waals surface area contributed by atoms with Gasteiger partial charge in [0.2, 0.25) is 0 Å². The van der Waals surface area contributed by atoms with Crippen LogP contribution in [0.25, 0.3) is 76.5 Å². The molecular weight excluding hydrogens is 675 g/mol. The van der Waals surface area contributed by atoms with Crippen LogP contribution in [0.1, 0.15) is 25.0 Å². The summed E-state index contributed by atoms with van der Waals surface area (Å²) in [4.78, 5) is 2.42. The van der Waals surface area contributed by atoms with E-state index >= 15 is 0 Å². The third-order valence-corrected chi connectivity index (χ3v) is 12.2. The maximum absolute atomic E-state index is 2.42. The molecule has 0 saturated carbocycles. The van der Waals surface area contributed by atoms with E-state index in [1.165, 1.54) is 87.6 Å². The normalized spacial score (nSPS) is 13.0. The van der Waals surface area contributed by atoms with Gasteiger partial charge in [0.05, 0.1) is 0 Å². The molecule has 10 aromatic carbocycles. The smallest absolute Gasteiger partial charge is 0.0467 e. The van der Waals surface area contributed by atoms with Gasteiger partial charge in [0.15, 0.2) is 0 Å². The average molecular weight is 714 g/mol. The second-order valence-electron chi connectivity index (χ2n) is 15.8. The van der Waals surface area contributed by atoms with E-state index in [2.05, 4.69) is 219 Å². The predicted octanol–water partition coefficient (Wildman–Crippen LogP) is 15.4. The molecule has 0 saturated heterocycles. The van der Waals surface area contributed by atoms with Crippen LogP contribution in [0.4, 0.5) is 17.1 Å². The van der Waals surface area contributed by atoms with Crippen molar-refractivity contribution in [3.05, 3.63) is 211 Å². The molecule has 0 aromatic heterocycles. The van der Waals surface area contributed by atoms with E-state index in [0.717, 1.165) is 17.1 Å².